The molecule has 3 rings (SSSR count). The summed E-state index contributed by atoms with van der Waals surface area (Å²) in [5.41, 5.74) is 2.18. The van der Waals surface area contributed by atoms with Gasteiger partial charge in [0.2, 0.25) is 0 Å². The molecule has 2 aromatic carbocycles. The Morgan fingerprint density at radius 3 is 2.68 bits per heavy atom. The van der Waals surface area contributed by atoms with Gasteiger partial charge in [-0.25, -0.2) is 8.78 Å². The van der Waals surface area contributed by atoms with Crippen molar-refractivity contribution in [3.8, 4) is 0 Å². The van der Waals surface area contributed by atoms with Gasteiger partial charge in [0.05, 0.1) is 0 Å². The van der Waals surface area contributed by atoms with Crippen LogP contribution in [-0.2, 0) is 16.0 Å². The minimum atomic E-state index is -1.09. The van der Waals surface area contributed by atoms with Gasteiger partial charge in [0.25, 0.3) is 11.8 Å². The quantitative estimate of drug-likeness (QED) is 0.926. The van der Waals surface area contributed by atoms with Gasteiger partial charge in [0, 0.05) is 30.6 Å². The number of hydrogen-bond acceptors (Lipinski definition) is 3. The fourth-order valence-corrected chi connectivity index (χ4v) is 2.76. The smallest absolute Gasteiger partial charge is 0.255 e. The van der Waals surface area contributed by atoms with E-state index in [0.717, 1.165) is 24.1 Å². The summed E-state index contributed by atoms with van der Waals surface area (Å²) in [6, 6.07) is 8.17. The molecule has 1 aliphatic heterocycles. The molecule has 0 radical (unpaired) electrons. The van der Waals surface area contributed by atoms with Crippen LogP contribution >= 0.6 is 0 Å². The number of hydrogen-bond donors (Lipinski definition) is 1. The predicted molar refractivity (Wildman–Crippen MR) is 88.7 cm³/mol. The Bertz CT molecular complexity index is 839. The maximum Gasteiger partial charge on any atom is 0.255 e. The van der Waals surface area contributed by atoms with Crippen molar-refractivity contribution in [2.45, 2.75) is 6.42 Å². The van der Waals surface area contributed by atoms with Crippen molar-refractivity contribution in [2.24, 2.45) is 0 Å². The van der Waals surface area contributed by atoms with Crippen molar-refractivity contribution in [1.82, 2.24) is 0 Å². The summed E-state index contributed by atoms with van der Waals surface area (Å²) in [6.45, 7) is 0.531. The molecule has 2 aromatic rings. The number of fused-ring (bicyclic) bond motifs is 1. The molecule has 0 fully saturated rings. The van der Waals surface area contributed by atoms with Crippen molar-refractivity contribution in [3.63, 3.8) is 0 Å². The van der Waals surface area contributed by atoms with Gasteiger partial charge in [0.15, 0.2) is 11.6 Å². The first-order chi connectivity index (χ1) is 12.0. The zero-order chi connectivity index (χ0) is 18.0. The molecule has 2 amide bonds. The van der Waals surface area contributed by atoms with Gasteiger partial charge in [-0.2, -0.15) is 0 Å². The van der Waals surface area contributed by atoms with Crippen LogP contribution in [0.25, 0.3) is 0 Å². The highest BCUT2D eigenvalue weighted by molar-refractivity contribution is 6.05. The number of halogens is 2. The van der Waals surface area contributed by atoms with Crippen molar-refractivity contribution in [1.29, 1.82) is 0 Å². The standard InChI is InChI=1S/C18H16F2N2O3/c1-25-10-17(23)22-7-6-11-2-4-13(9-16(11)22)21-18(24)12-3-5-14(19)15(20)8-12/h2-5,8-9H,6-7,10H2,1H3,(H,21,24). The zero-order valence-electron chi connectivity index (χ0n) is 13.5. The largest absolute Gasteiger partial charge is 0.375 e. The molecule has 0 spiro atoms. The Morgan fingerprint density at radius 1 is 1.16 bits per heavy atom. The summed E-state index contributed by atoms with van der Waals surface area (Å²) in [7, 11) is 1.45. The summed E-state index contributed by atoms with van der Waals surface area (Å²) in [5, 5.41) is 2.63. The Morgan fingerprint density at radius 2 is 1.96 bits per heavy atom. The van der Waals surface area contributed by atoms with Gasteiger partial charge in [0.1, 0.15) is 6.61 Å². The molecule has 1 N–H and O–H groups in total. The second-order valence-corrected chi connectivity index (χ2v) is 5.65. The van der Waals surface area contributed by atoms with Crippen molar-refractivity contribution >= 4 is 23.2 Å². The van der Waals surface area contributed by atoms with Crippen LogP contribution in [0.2, 0.25) is 0 Å². The average molecular weight is 346 g/mol. The number of amides is 2. The fourth-order valence-electron chi connectivity index (χ4n) is 2.76. The lowest BCUT2D eigenvalue weighted by Crippen LogP contribution is -2.32. The van der Waals surface area contributed by atoms with Crippen LogP contribution in [0.1, 0.15) is 15.9 Å². The first kappa shape index (κ1) is 17.0. The number of carbonyl (C=O) groups is 2. The Balaban J connectivity index is 1.80. The number of anilines is 2. The van der Waals surface area contributed by atoms with Gasteiger partial charge in [-0.3, -0.25) is 9.59 Å². The van der Waals surface area contributed by atoms with Crippen LogP contribution in [0.3, 0.4) is 0 Å². The van der Waals surface area contributed by atoms with E-state index >= 15 is 0 Å². The third-order valence-electron chi connectivity index (χ3n) is 3.99. The molecule has 0 aromatic heterocycles. The highest BCUT2D eigenvalue weighted by Gasteiger charge is 2.25. The third-order valence-corrected chi connectivity index (χ3v) is 3.99. The zero-order valence-corrected chi connectivity index (χ0v) is 13.5. The molecule has 130 valence electrons. The second-order valence-electron chi connectivity index (χ2n) is 5.65. The number of ether oxygens (including phenoxy) is 1. The summed E-state index contributed by atoms with van der Waals surface area (Å²) < 4.78 is 31.1. The lowest BCUT2D eigenvalue weighted by molar-refractivity contribution is -0.122. The van der Waals surface area contributed by atoms with E-state index in [4.69, 9.17) is 4.74 Å². The number of nitrogens with one attached hydrogen (secondary N) is 1. The molecule has 0 saturated heterocycles. The monoisotopic (exact) mass is 346 g/mol. The number of benzene rings is 2. The predicted octanol–water partition coefficient (Wildman–Crippen LogP) is 2.75. The Hall–Kier alpha value is -2.80. The molecule has 5 nitrogen and oxygen atoms in total. The summed E-state index contributed by atoms with van der Waals surface area (Å²) in [4.78, 5) is 25.9. The van der Waals surface area contributed by atoms with Crippen LogP contribution < -0.4 is 10.2 Å². The molecule has 1 aliphatic rings. The molecule has 7 heteroatoms. The van der Waals surface area contributed by atoms with Crippen LogP contribution in [0, 0.1) is 11.6 Å². The molecule has 25 heavy (non-hydrogen) atoms. The second kappa shape index (κ2) is 6.98. The molecular weight excluding hydrogens is 330 g/mol. The van der Waals surface area contributed by atoms with Crippen molar-refractivity contribution in [3.05, 3.63) is 59.2 Å². The molecule has 0 atom stereocenters. The molecule has 1 heterocycles. The van der Waals surface area contributed by atoms with Gasteiger partial charge < -0.3 is 15.0 Å². The topological polar surface area (TPSA) is 58.6 Å². The number of rotatable bonds is 4. The maximum absolute atomic E-state index is 13.3. The first-order valence-electron chi connectivity index (χ1n) is 7.68. The SMILES string of the molecule is COCC(=O)N1CCc2ccc(NC(=O)c3ccc(F)c(F)c3)cc21. The van der Waals surface area contributed by atoms with E-state index in [2.05, 4.69) is 5.32 Å². The van der Waals surface area contributed by atoms with E-state index in [1.54, 1.807) is 17.0 Å². The maximum atomic E-state index is 13.3. The third kappa shape index (κ3) is 3.51. The van der Waals surface area contributed by atoms with E-state index in [9.17, 15) is 18.4 Å². The first-order valence-corrected chi connectivity index (χ1v) is 7.68. The molecule has 0 aliphatic carbocycles. The van der Waals surface area contributed by atoms with E-state index in [0.29, 0.717) is 17.9 Å². The van der Waals surface area contributed by atoms with Gasteiger partial charge in [-0.05, 0) is 42.3 Å². The van der Waals surface area contributed by atoms with Crippen LogP contribution in [0.4, 0.5) is 20.2 Å². The van der Waals surface area contributed by atoms with Gasteiger partial charge >= 0.3 is 0 Å². The molecular formula is C18H16F2N2O3. The number of methoxy groups -OCH3 is 1. The fraction of sp³-hybridized carbons (Fsp3) is 0.222. The lowest BCUT2D eigenvalue weighted by Gasteiger charge is -2.17. The Labute approximate surface area is 143 Å². The van der Waals surface area contributed by atoms with E-state index < -0.39 is 17.5 Å². The molecule has 0 unspecified atom stereocenters. The normalized spacial score (nSPS) is 12.8. The molecule has 0 bridgehead atoms. The van der Waals surface area contributed by atoms with Crippen LogP contribution in [-0.4, -0.2) is 32.1 Å². The average Bonchev–Trinajstić information content (AvgIpc) is 3.00. The number of nitrogens with zero attached hydrogens (tertiary/aromatic N) is 1. The Kier molecular flexibility index (Phi) is 4.76. The summed E-state index contributed by atoms with van der Waals surface area (Å²) >= 11 is 0. The molecule has 0 saturated carbocycles. The highest BCUT2D eigenvalue weighted by Crippen LogP contribution is 2.31. The van der Waals surface area contributed by atoms with Gasteiger partial charge in [-0.15, -0.1) is 0 Å². The van der Waals surface area contributed by atoms with Crippen LogP contribution in [0.15, 0.2) is 36.4 Å². The van der Waals surface area contributed by atoms with E-state index in [1.807, 2.05) is 6.07 Å². The lowest BCUT2D eigenvalue weighted by atomic mass is 10.1. The number of carbonyl (C=O) groups excluding carboxylic acids is 2. The van der Waals surface area contributed by atoms with E-state index in [-0.39, 0.29) is 18.1 Å². The van der Waals surface area contributed by atoms with Crippen molar-refractivity contribution in [2.75, 3.05) is 30.5 Å². The summed E-state index contributed by atoms with van der Waals surface area (Å²) in [5.74, 6) is -2.82. The van der Waals surface area contributed by atoms with Gasteiger partial charge in [-0.1, -0.05) is 6.07 Å². The van der Waals surface area contributed by atoms with Crippen molar-refractivity contribution < 1.29 is 23.1 Å². The minimum Gasteiger partial charge on any atom is -0.375 e. The summed E-state index contributed by atoms with van der Waals surface area (Å²) in [6.07, 6.45) is 0.724. The van der Waals surface area contributed by atoms with E-state index in [1.165, 1.54) is 13.2 Å². The minimum absolute atomic E-state index is 0.00622. The highest BCUT2D eigenvalue weighted by atomic mass is 19.2. The van der Waals surface area contributed by atoms with Crippen LogP contribution in [0.5, 0.6) is 0 Å².